The molecule has 1 spiro atoms. The molecule has 2 aliphatic rings. The summed E-state index contributed by atoms with van der Waals surface area (Å²) in [6, 6.07) is 0. The minimum Gasteiger partial charge on any atom is -0.326 e. The Morgan fingerprint density at radius 2 is 2.11 bits per heavy atom. The van der Waals surface area contributed by atoms with Gasteiger partial charge in [0.15, 0.2) is 0 Å². The van der Waals surface area contributed by atoms with Crippen LogP contribution < -0.4 is 5.32 Å². The average Bonchev–Trinajstić information content (AvgIpc) is 2.98. The van der Waals surface area contributed by atoms with Crippen LogP contribution in [0, 0.1) is 0 Å². The topological polar surface area (TPSA) is 66.5 Å². The van der Waals surface area contributed by atoms with Crippen LogP contribution in [0.2, 0.25) is 0 Å². The molecule has 2 fully saturated rings. The van der Waals surface area contributed by atoms with E-state index in [1.807, 2.05) is 4.90 Å². The fraction of sp³-hybridized carbons (Fsp3) is 0.917. The zero-order valence-corrected chi connectivity index (χ0v) is 11.9. The molecule has 0 radical (unpaired) electrons. The first-order chi connectivity index (χ1) is 8.38. The highest BCUT2D eigenvalue weighted by Gasteiger charge is 2.58. The van der Waals surface area contributed by atoms with Gasteiger partial charge >= 0.3 is 0 Å². The van der Waals surface area contributed by atoms with Gasteiger partial charge in [0.1, 0.15) is 9.84 Å². The van der Waals surface area contributed by atoms with Gasteiger partial charge in [-0.2, -0.15) is 0 Å². The number of hydrogen-bond acceptors (Lipinski definition) is 4. The summed E-state index contributed by atoms with van der Waals surface area (Å²) in [5.74, 6) is 0.331. The molecular formula is C12H22N2O3S. The molecule has 1 heterocycles. The van der Waals surface area contributed by atoms with Gasteiger partial charge in [-0.05, 0) is 25.7 Å². The molecule has 1 aliphatic heterocycles. The van der Waals surface area contributed by atoms with E-state index in [1.54, 1.807) is 0 Å². The van der Waals surface area contributed by atoms with Crippen LogP contribution in [0.15, 0.2) is 0 Å². The Labute approximate surface area is 109 Å². The Kier molecular flexibility index (Phi) is 3.69. The molecule has 0 aromatic carbocycles. The third-order valence-electron chi connectivity index (χ3n) is 3.72. The van der Waals surface area contributed by atoms with Crippen molar-refractivity contribution in [2.24, 2.45) is 0 Å². The molecular weight excluding hydrogens is 252 g/mol. The molecule has 1 saturated carbocycles. The number of rotatable bonds is 6. The van der Waals surface area contributed by atoms with E-state index in [1.165, 1.54) is 6.26 Å². The maximum atomic E-state index is 12.2. The molecule has 104 valence electrons. The number of hydrogen-bond donors (Lipinski definition) is 1. The van der Waals surface area contributed by atoms with E-state index in [4.69, 9.17) is 0 Å². The highest BCUT2D eigenvalue weighted by Crippen LogP contribution is 2.42. The van der Waals surface area contributed by atoms with E-state index in [0.717, 1.165) is 25.7 Å². The minimum atomic E-state index is -2.93. The van der Waals surface area contributed by atoms with Crippen LogP contribution in [0.3, 0.4) is 0 Å². The lowest BCUT2D eigenvalue weighted by molar-refractivity contribution is -0.130. The van der Waals surface area contributed by atoms with Crippen LogP contribution in [0.25, 0.3) is 0 Å². The maximum Gasteiger partial charge on any atom is 0.244 e. The lowest BCUT2D eigenvalue weighted by Crippen LogP contribution is -2.38. The third kappa shape index (κ3) is 2.85. The summed E-state index contributed by atoms with van der Waals surface area (Å²) in [4.78, 5) is 14.1. The lowest BCUT2D eigenvalue weighted by Gasteiger charge is -2.23. The predicted molar refractivity (Wildman–Crippen MR) is 69.8 cm³/mol. The third-order valence-corrected chi connectivity index (χ3v) is 4.75. The molecule has 1 amide bonds. The van der Waals surface area contributed by atoms with Crippen LogP contribution in [0.1, 0.15) is 39.0 Å². The summed E-state index contributed by atoms with van der Waals surface area (Å²) in [5, 5.41) is 3.42. The van der Waals surface area contributed by atoms with Crippen molar-refractivity contribution in [3.8, 4) is 0 Å². The van der Waals surface area contributed by atoms with Crippen molar-refractivity contribution < 1.29 is 13.2 Å². The molecule has 1 atom stereocenters. The van der Waals surface area contributed by atoms with Crippen LogP contribution in [0.5, 0.6) is 0 Å². The summed E-state index contributed by atoms with van der Waals surface area (Å²) in [5.41, 5.74) is -0.287. The summed E-state index contributed by atoms with van der Waals surface area (Å²) >= 11 is 0. The summed E-state index contributed by atoms with van der Waals surface area (Å²) in [7, 11) is -2.93. The zero-order valence-electron chi connectivity index (χ0n) is 11.1. The molecule has 1 N–H and O–H groups in total. The van der Waals surface area contributed by atoms with Crippen molar-refractivity contribution in [2.45, 2.75) is 50.7 Å². The Hall–Kier alpha value is -0.620. The molecule has 1 unspecified atom stereocenters. The van der Waals surface area contributed by atoms with Gasteiger partial charge in [-0.1, -0.05) is 13.3 Å². The van der Waals surface area contributed by atoms with Crippen molar-refractivity contribution in [3.05, 3.63) is 0 Å². The first kappa shape index (κ1) is 13.8. The van der Waals surface area contributed by atoms with Gasteiger partial charge in [0.25, 0.3) is 0 Å². The number of carbonyl (C=O) groups is 1. The fourth-order valence-electron chi connectivity index (χ4n) is 2.61. The van der Waals surface area contributed by atoms with Crippen LogP contribution in [-0.4, -0.2) is 49.5 Å². The number of amides is 1. The van der Waals surface area contributed by atoms with Crippen LogP contribution >= 0.6 is 0 Å². The zero-order chi connectivity index (χ0) is 13.4. The number of nitrogens with zero attached hydrogens (tertiary/aromatic N) is 1. The van der Waals surface area contributed by atoms with Gasteiger partial charge in [0.2, 0.25) is 5.91 Å². The Balaban J connectivity index is 1.93. The van der Waals surface area contributed by atoms with Gasteiger partial charge in [-0.15, -0.1) is 0 Å². The molecule has 0 bridgehead atoms. The SMILES string of the molecule is CCCC1NC2(CC2)C(=O)N1CCCS(C)(=O)=O. The highest BCUT2D eigenvalue weighted by molar-refractivity contribution is 7.90. The second kappa shape index (κ2) is 4.81. The van der Waals surface area contributed by atoms with Gasteiger partial charge < -0.3 is 4.90 Å². The average molecular weight is 274 g/mol. The first-order valence-corrected chi connectivity index (χ1v) is 8.70. The molecule has 1 saturated heterocycles. The summed E-state index contributed by atoms with van der Waals surface area (Å²) in [6.45, 7) is 2.64. The quantitative estimate of drug-likeness (QED) is 0.766. The smallest absolute Gasteiger partial charge is 0.244 e. The van der Waals surface area contributed by atoms with E-state index in [2.05, 4.69) is 12.2 Å². The molecule has 2 rings (SSSR count). The van der Waals surface area contributed by atoms with Gasteiger partial charge in [0, 0.05) is 12.8 Å². The monoisotopic (exact) mass is 274 g/mol. The first-order valence-electron chi connectivity index (χ1n) is 6.64. The predicted octanol–water partition coefficient (Wildman–Crippen LogP) is 0.512. The van der Waals surface area contributed by atoms with E-state index >= 15 is 0 Å². The molecule has 5 nitrogen and oxygen atoms in total. The van der Waals surface area contributed by atoms with Gasteiger partial charge in [-0.25, -0.2) is 8.42 Å². The number of carbonyl (C=O) groups excluding carboxylic acids is 1. The normalized spacial score (nSPS) is 26.0. The largest absolute Gasteiger partial charge is 0.326 e. The molecule has 0 aromatic rings. The van der Waals surface area contributed by atoms with Crippen molar-refractivity contribution >= 4 is 15.7 Å². The second-order valence-corrected chi connectivity index (χ2v) is 7.77. The summed E-state index contributed by atoms with van der Waals surface area (Å²) < 4.78 is 22.2. The maximum absolute atomic E-state index is 12.2. The van der Waals surface area contributed by atoms with Crippen molar-refractivity contribution in [1.29, 1.82) is 0 Å². The minimum absolute atomic E-state index is 0.101. The standard InChI is InChI=1S/C12H22N2O3S/c1-3-5-10-13-12(6-7-12)11(15)14(10)8-4-9-18(2,16)17/h10,13H,3-9H2,1-2H3. The molecule has 18 heavy (non-hydrogen) atoms. The van der Waals surface area contributed by atoms with Gasteiger partial charge in [-0.3, -0.25) is 10.1 Å². The van der Waals surface area contributed by atoms with Crippen LogP contribution in [-0.2, 0) is 14.6 Å². The molecule has 0 aromatic heterocycles. The van der Waals surface area contributed by atoms with Crippen molar-refractivity contribution in [2.75, 3.05) is 18.6 Å². The fourth-order valence-corrected chi connectivity index (χ4v) is 3.27. The summed E-state index contributed by atoms with van der Waals surface area (Å²) in [6.07, 6.45) is 5.68. The van der Waals surface area contributed by atoms with E-state index in [0.29, 0.717) is 13.0 Å². The van der Waals surface area contributed by atoms with Crippen molar-refractivity contribution in [1.82, 2.24) is 10.2 Å². The molecule has 6 heteroatoms. The number of sulfone groups is 1. The Bertz CT molecular complexity index is 429. The second-order valence-electron chi connectivity index (χ2n) is 5.51. The lowest BCUT2D eigenvalue weighted by atomic mass is 10.2. The van der Waals surface area contributed by atoms with E-state index in [9.17, 15) is 13.2 Å². The van der Waals surface area contributed by atoms with E-state index in [-0.39, 0.29) is 23.4 Å². The molecule has 1 aliphatic carbocycles. The van der Waals surface area contributed by atoms with Crippen molar-refractivity contribution in [3.63, 3.8) is 0 Å². The highest BCUT2D eigenvalue weighted by atomic mass is 32.2. The van der Waals surface area contributed by atoms with Crippen LogP contribution in [0.4, 0.5) is 0 Å². The Morgan fingerprint density at radius 1 is 1.44 bits per heavy atom. The van der Waals surface area contributed by atoms with Gasteiger partial charge in [0.05, 0.1) is 17.5 Å². The number of nitrogens with one attached hydrogen (secondary N) is 1. The Morgan fingerprint density at radius 3 is 2.61 bits per heavy atom. The van der Waals surface area contributed by atoms with E-state index < -0.39 is 9.84 Å².